The molecule has 2 aromatic heterocycles. The molecule has 0 unspecified atom stereocenters. The smallest absolute Gasteiger partial charge is 0.272 e. The van der Waals surface area contributed by atoms with E-state index in [1.807, 2.05) is 47.2 Å². The molecule has 0 saturated carbocycles. The highest BCUT2D eigenvalue weighted by atomic mass is 35.5. The lowest BCUT2D eigenvalue weighted by Gasteiger charge is -2.06. The number of thiazole rings is 1. The van der Waals surface area contributed by atoms with Crippen LogP contribution in [0.25, 0.3) is 16.3 Å². The second-order valence-electron chi connectivity index (χ2n) is 5.12. The fourth-order valence-electron chi connectivity index (χ4n) is 2.35. The number of hydrogen-bond acceptors (Lipinski definition) is 4. The van der Waals surface area contributed by atoms with Crippen LogP contribution in [0.2, 0.25) is 5.02 Å². The maximum absolute atomic E-state index is 12.2. The van der Waals surface area contributed by atoms with Gasteiger partial charge in [-0.25, -0.2) is 0 Å². The minimum Gasteiger partial charge on any atom is -0.380 e. The molecule has 0 spiro atoms. The SMILES string of the molecule is CCOCCn1c(=NC(=O)/C=C/c2cccs2)sc2cccc(Cl)c21. The Bertz CT molecular complexity index is 955. The van der Waals surface area contributed by atoms with E-state index in [4.69, 9.17) is 16.3 Å². The van der Waals surface area contributed by atoms with E-state index >= 15 is 0 Å². The van der Waals surface area contributed by atoms with Crippen LogP contribution in [0.1, 0.15) is 11.8 Å². The van der Waals surface area contributed by atoms with Crippen LogP contribution in [-0.4, -0.2) is 23.7 Å². The van der Waals surface area contributed by atoms with Gasteiger partial charge in [0.1, 0.15) is 0 Å². The van der Waals surface area contributed by atoms with Crippen molar-refractivity contribution in [2.75, 3.05) is 13.2 Å². The molecule has 0 saturated heterocycles. The third-order valence-corrected chi connectivity index (χ3v) is 5.64. The molecular formula is C18H17ClN2O2S2. The van der Waals surface area contributed by atoms with E-state index in [2.05, 4.69) is 4.99 Å². The molecule has 0 fully saturated rings. The van der Waals surface area contributed by atoms with Crippen molar-refractivity contribution in [2.45, 2.75) is 13.5 Å². The van der Waals surface area contributed by atoms with Crippen molar-refractivity contribution in [3.8, 4) is 0 Å². The minimum atomic E-state index is -0.291. The molecular weight excluding hydrogens is 376 g/mol. The Balaban J connectivity index is 1.97. The molecule has 3 aromatic rings. The van der Waals surface area contributed by atoms with Crippen LogP contribution in [0, 0.1) is 0 Å². The Morgan fingerprint density at radius 3 is 3.00 bits per heavy atom. The van der Waals surface area contributed by atoms with Crippen LogP contribution < -0.4 is 4.80 Å². The Morgan fingerprint density at radius 2 is 2.24 bits per heavy atom. The van der Waals surface area contributed by atoms with E-state index in [1.165, 1.54) is 17.4 Å². The molecule has 0 aliphatic carbocycles. The first-order valence-corrected chi connectivity index (χ1v) is 9.92. The van der Waals surface area contributed by atoms with Crippen molar-refractivity contribution in [3.63, 3.8) is 0 Å². The third kappa shape index (κ3) is 4.46. The Morgan fingerprint density at radius 1 is 1.36 bits per heavy atom. The zero-order valence-corrected chi connectivity index (χ0v) is 16.0. The summed E-state index contributed by atoms with van der Waals surface area (Å²) in [4.78, 5) is 18.1. The van der Waals surface area contributed by atoms with Crippen molar-refractivity contribution in [1.29, 1.82) is 0 Å². The lowest BCUT2D eigenvalue weighted by Crippen LogP contribution is -2.19. The molecule has 0 aliphatic heterocycles. The number of aromatic nitrogens is 1. The molecule has 0 atom stereocenters. The molecule has 1 amide bonds. The van der Waals surface area contributed by atoms with Crippen LogP contribution in [0.15, 0.2) is 46.8 Å². The third-order valence-electron chi connectivity index (χ3n) is 3.45. The molecule has 0 bridgehead atoms. The molecule has 0 aliphatic rings. The lowest BCUT2D eigenvalue weighted by molar-refractivity contribution is -0.113. The van der Waals surface area contributed by atoms with Gasteiger partial charge < -0.3 is 9.30 Å². The number of carbonyl (C=O) groups is 1. The Labute approximate surface area is 158 Å². The van der Waals surface area contributed by atoms with Gasteiger partial charge in [0.05, 0.1) is 21.8 Å². The standard InChI is InChI=1S/C18H17ClN2O2S2/c1-2-23-11-10-21-17-14(19)6-3-7-15(17)25-18(21)20-16(22)9-8-13-5-4-12-24-13/h3-9,12H,2,10-11H2,1H3/b9-8+,20-18?. The van der Waals surface area contributed by atoms with Gasteiger partial charge in [0, 0.05) is 24.1 Å². The van der Waals surface area contributed by atoms with Gasteiger partial charge in [-0.1, -0.05) is 35.1 Å². The molecule has 25 heavy (non-hydrogen) atoms. The van der Waals surface area contributed by atoms with Gasteiger partial charge in [0.25, 0.3) is 5.91 Å². The monoisotopic (exact) mass is 392 g/mol. The van der Waals surface area contributed by atoms with Crippen molar-refractivity contribution in [2.24, 2.45) is 4.99 Å². The Hall–Kier alpha value is -1.73. The molecule has 4 nitrogen and oxygen atoms in total. The van der Waals surface area contributed by atoms with Crippen molar-refractivity contribution in [1.82, 2.24) is 4.57 Å². The van der Waals surface area contributed by atoms with E-state index < -0.39 is 0 Å². The summed E-state index contributed by atoms with van der Waals surface area (Å²) in [5, 5.41) is 2.62. The van der Waals surface area contributed by atoms with E-state index in [9.17, 15) is 4.79 Å². The fourth-order valence-corrected chi connectivity index (χ4v) is 4.39. The average molecular weight is 393 g/mol. The molecule has 1 aromatic carbocycles. The summed E-state index contributed by atoms with van der Waals surface area (Å²) in [5.41, 5.74) is 0.891. The largest absolute Gasteiger partial charge is 0.380 e. The van der Waals surface area contributed by atoms with E-state index in [-0.39, 0.29) is 5.91 Å². The number of rotatable bonds is 6. The summed E-state index contributed by atoms with van der Waals surface area (Å²) >= 11 is 9.39. The van der Waals surface area contributed by atoms with Gasteiger partial charge in [-0.3, -0.25) is 4.79 Å². The van der Waals surface area contributed by atoms with Crippen LogP contribution in [0.3, 0.4) is 0 Å². The first kappa shape index (κ1) is 18.1. The van der Waals surface area contributed by atoms with Crippen LogP contribution >= 0.6 is 34.3 Å². The maximum Gasteiger partial charge on any atom is 0.272 e. The van der Waals surface area contributed by atoms with E-state index in [0.717, 1.165) is 15.1 Å². The Kier molecular flexibility index (Phi) is 6.20. The van der Waals surface area contributed by atoms with E-state index in [1.54, 1.807) is 17.4 Å². The van der Waals surface area contributed by atoms with Gasteiger partial charge >= 0.3 is 0 Å². The zero-order valence-electron chi connectivity index (χ0n) is 13.6. The van der Waals surface area contributed by atoms with Crippen molar-refractivity contribution >= 4 is 56.5 Å². The average Bonchev–Trinajstić information content (AvgIpc) is 3.22. The highest BCUT2D eigenvalue weighted by Crippen LogP contribution is 2.25. The number of amides is 1. The first-order chi connectivity index (χ1) is 12.2. The number of halogens is 1. The minimum absolute atomic E-state index is 0.291. The number of benzene rings is 1. The van der Waals surface area contributed by atoms with Crippen LogP contribution in [0.4, 0.5) is 0 Å². The number of hydrogen-bond donors (Lipinski definition) is 0. The summed E-state index contributed by atoms with van der Waals surface area (Å²) < 4.78 is 8.40. The molecule has 130 valence electrons. The first-order valence-electron chi connectivity index (χ1n) is 7.85. The van der Waals surface area contributed by atoms with Gasteiger partial charge in [0.15, 0.2) is 4.80 Å². The second kappa shape index (κ2) is 8.58. The number of carbonyl (C=O) groups excluding carboxylic acids is 1. The lowest BCUT2D eigenvalue weighted by atomic mass is 10.3. The summed E-state index contributed by atoms with van der Waals surface area (Å²) in [6, 6.07) is 9.62. The van der Waals surface area contributed by atoms with Crippen molar-refractivity contribution in [3.05, 3.63) is 56.5 Å². The highest BCUT2D eigenvalue weighted by molar-refractivity contribution is 7.16. The van der Waals surface area contributed by atoms with Gasteiger partial charge in [0.2, 0.25) is 0 Å². The van der Waals surface area contributed by atoms with Crippen LogP contribution in [-0.2, 0) is 16.1 Å². The molecule has 7 heteroatoms. The molecule has 2 heterocycles. The van der Waals surface area contributed by atoms with Crippen LogP contribution in [0.5, 0.6) is 0 Å². The number of fused-ring (bicyclic) bond motifs is 1. The van der Waals surface area contributed by atoms with Crippen molar-refractivity contribution < 1.29 is 9.53 Å². The highest BCUT2D eigenvalue weighted by Gasteiger charge is 2.10. The number of para-hydroxylation sites is 1. The summed E-state index contributed by atoms with van der Waals surface area (Å²) in [5.74, 6) is -0.291. The predicted octanol–water partition coefficient (Wildman–Crippen LogP) is 4.59. The number of nitrogens with zero attached hydrogens (tertiary/aromatic N) is 2. The van der Waals surface area contributed by atoms with Gasteiger partial charge in [-0.2, -0.15) is 4.99 Å². The molecule has 3 rings (SSSR count). The van der Waals surface area contributed by atoms with E-state index in [0.29, 0.717) is 29.6 Å². The maximum atomic E-state index is 12.2. The number of ether oxygens (including phenoxy) is 1. The second-order valence-corrected chi connectivity index (χ2v) is 7.51. The quantitative estimate of drug-likeness (QED) is 0.454. The topological polar surface area (TPSA) is 43.6 Å². The normalized spacial score (nSPS) is 12.5. The fraction of sp³-hybridized carbons (Fsp3) is 0.222. The molecule has 0 radical (unpaired) electrons. The summed E-state index contributed by atoms with van der Waals surface area (Å²) in [6.45, 7) is 3.73. The molecule has 0 N–H and O–H groups in total. The predicted molar refractivity (Wildman–Crippen MR) is 105 cm³/mol. The summed E-state index contributed by atoms with van der Waals surface area (Å²) in [6.07, 6.45) is 3.27. The number of thiophene rings is 1. The van der Waals surface area contributed by atoms with Gasteiger partial charge in [-0.15, -0.1) is 11.3 Å². The summed E-state index contributed by atoms with van der Waals surface area (Å²) in [7, 11) is 0. The zero-order chi connectivity index (χ0) is 17.6. The van der Waals surface area contributed by atoms with Gasteiger partial charge in [-0.05, 0) is 36.6 Å².